The molecule has 1 fully saturated rings. The lowest BCUT2D eigenvalue weighted by atomic mass is 9.93. The highest BCUT2D eigenvalue weighted by Gasteiger charge is 2.41. The number of halogens is 3. The van der Waals surface area contributed by atoms with Gasteiger partial charge in [0.05, 0.1) is 6.04 Å². The molecule has 2 atom stereocenters. The van der Waals surface area contributed by atoms with Gasteiger partial charge in [-0.15, -0.1) is 0 Å². The standard InChI is InChI=1S/C21H17F3N4O2/c22-21(23,24)20-26-18(27-30-20)13-6-7-14-11-28(19(29)15(14)8-13)17-10-25-9-16(17)12-4-2-1-3-5-12/h1-8,16-17,25H,9-11H2. The van der Waals surface area contributed by atoms with Crippen molar-refractivity contribution in [1.29, 1.82) is 0 Å². The highest BCUT2D eigenvalue weighted by Crippen LogP contribution is 2.35. The third kappa shape index (κ3) is 3.15. The summed E-state index contributed by atoms with van der Waals surface area (Å²) in [7, 11) is 0. The monoisotopic (exact) mass is 414 g/mol. The predicted molar refractivity (Wildman–Crippen MR) is 100 cm³/mol. The van der Waals surface area contributed by atoms with Crippen LogP contribution >= 0.6 is 0 Å². The second-order valence-electron chi connectivity index (χ2n) is 7.47. The molecule has 2 aromatic carbocycles. The minimum Gasteiger partial charge on any atom is -0.329 e. The molecule has 30 heavy (non-hydrogen) atoms. The number of hydrogen-bond acceptors (Lipinski definition) is 5. The van der Waals surface area contributed by atoms with E-state index in [1.54, 1.807) is 18.2 Å². The van der Waals surface area contributed by atoms with Gasteiger partial charge in [0, 0.05) is 36.7 Å². The number of amides is 1. The van der Waals surface area contributed by atoms with Crippen LogP contribution in [0.2, 0.25) is 0 Å². The van der Waals surface area contributed by atoms with Gasteiger partial charge in [0.1, 0.15) is 0 Å². The van der Waals surface area contributed by atoms with Crippen molar-refractivity contribution in [2.75, 3.05) is 13.1 Å². The van der Waals surface area contributed by atoms with E-state index in [1.807, 2.05) is 23.1 Å². The molecule has 2 unspecified atom stereocenters. The van der Waals surface area contributed by atoms with Gasteiger partial charge < -0.3 is 14.7 Å². The summed E-state index contributed by atoms with van der Waals surface area (Å²) in [5.74, 6) is -1.56. The van der Waals surface area contributed by atoms with Gasteiger partial charge in [0.25, 0.3) is 5.91 Å². The number of carbonyl (C=O) groups is 1. The van der Waals surface area contributed by atoms with Crippen molar-refractivity contribution >= 4 is 5.91 Å². The Labute approximate surface area is 169 Å². The van der Waals surface area contributed by atoms with Crippen molar-refractivity contribution in [3.8, 4) is 11.4 Å². The molecule has 1 N–H and O–H groups in total. The summed E-state index contributed by atoms with van der Waals surface area (Å²) in [5.41, 5.74) is 2.78. The second-order valence-corrected chi connectivity index (χ2v) is 7.47. The number of benzene rings is 2. The van der Waals surface area contributed by atoms with Crippen LogP contribution in [0, 0.1) is 0 Å². The predicted octanol–water partition coefficient (Wildman–Crippen LogP) is 3.47. The first-order chi connectivity index (χ1) is 14.4. The van der Waals surface area contributed by atoms with E-state index in [4.69, 9.17) is 0 Å². The third-order valence-electron chi connectivity index (χ3n) is 5.68. The van der Waals surface area contributed by atoms with Crippen molar-refractivity contribution in [2.24, 2.45) is 0 Å². The summed E-state index contributed by atoms with van der Waals surface area (Å²) in [6, 6.07) is 14.9. The van der Waals surface area contributed by atoms with Gasteiger partial charge in [-0.25, -0.2) is 0 Å². The van der Waals surface area contributed by atoms with Gasteiger partial charge in [-0.1, -0.05) is 47.6 Å². The summed E-state index contributed by atoms with van der Waals surface area (Å²) in [5, 5.41) is 6.78. The minimum atomic E-state index is -4.71. The van der Waals surface area contributed by atoms with Crippen molar-refractivity contribution in [3.63, 3.8) is 0 Å². The molecular weight excluding hydrogens is 397 g/mol. The molecule has 0 spiro atoms. The molecule has 6 nitrogen and oxygen atoms in total. The zero-order chi connectivity index (χ0) is 20.9. The van der Waals surface area contributed by atoms with Crippen LogP contribution in [0.25, 0.3) is 11.4 Å². The fourth-order valence-corrected chi connectivity index (χ4v) is 4.22. The fraction of sp³-hybridized carbons (Fsp3) is 0.286. The number of aromatic nitrogens is 2. The van der Waals surface area contributed by atoms with Gasteiger partial charge in [0.2, 0.25) is 5.82 Å². The number of hydrogen-bond donors (Lipinski definition) is 1. The summed E-state index contributed by atoms with van der Waals surface area (Å²) in [6.45, 7) is 1.93. The van der Waals surface area contributed by atoms with Gasteiger partial charge in [-0.3, -0.25) is 4.79 Å². The zero-order valence-corrected chi connectivity index (χ0v) is 15.7. The van der Waals surface area contributed by atoms with Gasteiger partial charge in [-0.2, -0.15) is 18.2 Å². The van der Waals surface area contributed by atoms with E-state index < -0.39 is 12.1 Å². The number of alkyl halides is 3. The Morgan fingerprint density at radius 1 is 1.10 bits per heavy atom. The first kappa shape index (κ1) is 18.8. The highest BCUT2D eigenvalue weighted by molar-refractivity contribution is 5.99. The Kier molecular flexibility index (Phi) is 4.35. The maximum absolute atomic E-state index is 13.2. The topological polar surface area (TPSA) is 71.3 Å². The van der Waals surface area contributed by atoms with Crippen molar-refractivity contribution < 1.29 is 22.5 Å². The number of rotatable bonds is 3. The Morgan fingerprint density at radius 2 is 1.90 bits per heavy atom. The quantitative estimate of drug-likeness (QED) is 0.711. The van der Waals surface area contributed by atoms with Crippen LogP contribution in [0.4, 0.5) is 13.2 Å². The molecule has 2 aliphatic heterocycles. The molecule has 1 saturated heterocycles. The molecule has 3 aromatic rings. The molecule has 154 valence electrons. The van der Waals surface area contributed by atoms with E-state index in [1.165, 1.54) is 5.56 Å². The SMILES string of the molecule is O=C1c2cc(-c3noc(C(F)(F)F)n3)ccc2CN1C1CNCC1c1ccccc1. The van der Waals surface area contributed by atoms with Crippen LogP contribution in [-0.4, -0.2) is 40.1 Å². The number of nitrogens with zero attached hydrogens (tertiary/aromatic N) is 3. The lowest BCUT2D eigenvalue weighted by Gasteiger charge is -2.29. The molecule has 3 heterocycles. The summed E-state index contributed by atoms with van der Waals surface area (Å²) in [6.07, 6.45) is -4.71. The lowest BCUT2D eigenvalue weighted by Crippen LogP contribution is -2.40. The summed E-state index contributed by atoms with van der Waals surface area (Å²) in [4.78, 5) is 18.4. The smallest absolute Gasteiger partial charge is 0.329 e. The Morgan fingerprint density at radius 3 is 2.63 bits per heavy atom. The molecule has 1 aromatic heterocycles. The van der Waals surface area contributed by atoms with E-state index in [0.717, 1.165) is 12.1 Å². The molecule has 1 amide bonds. The Bertz CT molecular complexity index is 1100. The molecule has 5 rings (SSSR count). The van der Waals surface area contributed by atoms with Crippen LogP contribution in [0.5, 0.6) is 0 Å². The van der Waals surface area contributed by atoms with Crippen molar-refractivity contribution in [3.05, 3.63) is 71.1 Å². The maximum atomic E-state index is 13.2. The van der Waals surface area contributed by atoms with Crippen LogP contribution in [0.3, 0.4) is 0 Å². The van der Waals surface area contributed by atoms with Crippen LogP contribution < -0.4 is 5.32 Å². The van der Waals surface area contributed by atoms with E-state index in [-0.39, 0.29) is 23.7 Å². The number of fused-ring (bicyclic) bond motifs is 1. The van der Waals surface area contributed by atoms with Crippen LogP contribution in [0.1, 0.15) is 33.3 Å². The molecule has 0 aliphatic carbocycles. The van der Waals surface area contributed by atoms with Crippen LogP contribution in [-0.2, 0) is 12.7 Å². The van der Waals surface area contributed by atoms with E-state index in [9.17, 15) is 18.0 Å². The first-order valence-electron chi connectivity index (χ1n) is 9.52. The van der Waals surface area contributed by atoms with Crippen molar-refractivity contribution in [2.45, 2.75) is 24.7 Å². The van der Waals surface area contributed by atoms with E-state index in [0.29, 0.717) is 24.2 Å². The zero-order valence-electron chi connectivity index (χ0n) is 15.7. The Hall–Kier alpha value is -3.20. The maximum Gasteiger partial charge on any atom is 0.471 e. The van der Waals surface area contributed by atoms with Gasteiger partial charge >= 0.3 is 12.1 Å². The number of carbonyl (C=O) groups excluding carboxylic acids is 1. The summed E-state index contributed by atoms with van der Waals surface area (Å²) >= 11 is 0. The largest absolute Gasteiger partial charge is 0.471 e. The molecular formula is C21H17F3N4O2. The fourth-order valence-electron chi connectivity index (χ4n) is 4.22. The molecule has 0 saturated carbocycles. The molecule has 9 heteroatoms. The van der Waals surface area contributed by atoms with Crippen molar-refractivity contribution in [1.82, 2.24) is 20.4 Å². The molecule has 0 bridgehead atoms. The highest BCUT2D eigenvalue weighted by atomic mass is 19.4. The Balaban J connectivity index is 1.42. The minimum absolute atomic E-state index is 0.00208. The second kappa shape index (κ2) is 6.94. The first-order valence-corrected chi connectivity index (χ1v) is 9.52. The van der Waals surface area contributed by atoms with Gasteiger partial charge in [-0.05, 0) is 17.2 Å². The number of nitrogens with one attached hydrogen (secondary N) is 1. The van der Waals surface area contributed by atoms with Crippen LogP contribution in [0.15, 0.2) is 53.1 Å². The van der Waals surface area contributed by atoms with Gasteiger partial charge in [0.15, 0.2) is 0 Å². The molecule has 0 radical (unpaired) electrons. The average molecular weight is 414 g/mol. The van der Waals surface area contributed by atoms with E-state index >= 15 is 0 Å². The average Bonchev–Trinajstić information content (AvgIpc) is 3.47. The third-order valence-corrected chi connectivity index (χ3v) is 5.68. The van der Waals surface area contributed by atoms with E-state index in [2.05, 4.69) is 32.1 Å². The molecule has 2 aliphatic rings. The lowest BCUT2D eigenvalue weighted by molar-refractivity contribution is -0.159. The normalized spacial score (nSPS) is 21.3. The summed E-state index contributed by atoms with van der Waals surface area (Å²) < 4.78 is 42.5.